The highest BCUT2D eigenvalue weighted by Gasteiger charge is 2.30. The molecule has 3 heteroatoms. The van der Waals surface area contributed by atoms with Gasteiger partial charge in [-0.2, -0.15) is 0 Å². The van der Waals surface area contributed by atoms with Gasteiger partial charge in [0.05, 0.1) is 5.60 Å². The molecule has 1 aliphatic rings. The van der Waals surface area contributed by atoms with E-state index in [2.05, 4.69) is 6.92 Å². The number of aliphatic hydroxyl groups is 1. The van der Waals surface area contributed by atoms with Gasteiger partial charge in [-0.25, -0.2) is 0 Å². The van der Waals surface area contributed by atoms with Gasteiger partial charge in [0, 0.05) is 16.5 Å². The summed E-state index contributed by atoms with van der Waals surface area (Å²) in [5, 5.41) is 12.1. The summed E-state index contributed by atoms with van der Waals surface area (Å²) >= 11 is 12.2. The molecule has 1 fully saturated rings. The molecule has 18 heavy (non-hydrogen) atoms. The van der Waals surface area contributed by atoms with Gasteiger partial charge in [0.2, 0.25) is 0 Å². The van der Waals surface area contributed by atoms with Crippen LogP contribution in [0.4, 0.5) is 0 Å². The van der Waals surface area contributed by atoms with Gasteiger partial charge in [-0.15, -0.1) is 0 Å². The van der Waals surface area contributed by atoms with Crippen molar-refractivity contribution in [3.8, 4) is 0 Å². The highest BCUT2D eigenvalue weighted by atomic mass is 35.5. The van der Waals surface area contributed by atoms with Crippen molar-refractivity contribution in [1.29, 1.82) is 0 Å². The zero-order valence-electron chi connectivity index (χ0n) is 10.8. The third kappa shape index (κ3) is 3.63. The van der Waals surface area contributed by atoms with Crippen LogP contribution in [0.15, 0.2) is 18.2 Å². The average Bonchev–Trinajstić information content (AvgIpc) is 2.47. The Kier molecular flexibility index (Phi) is 4.58. The summed E-state index contributed by atoms with van der Waals surface area (Å²) in [5.74, 6) is 0.717. The molecule has 100 valence electrons. The van der Waals surface area contributed by atoms with E-state index >= 15 is 0 Å². The second kappa shape index (κ2) is 5.81. The van der Waals surface area contributed by atoms with Crippen LogP contribution in [0.5, 0.6) is 0 Å². The van der Waals surface area contributed by atoms with Crippen LogP contribution in [-0.2, 0) is 6.42 Å². The normalized spacial score (nSPS) is 29.0. The van der Waals surface area contributed by atoms with Crippen molar-refractivity contribution >= 4 is 23.2 Å². The van der Waals surface area contributed by atoms with Crippen molar-refractivity contribution in [2.24, 2.45) is 5.92 Å². The largest absolute Gasteiger partial charge is 0.390 e. The zero-order chi connectivity index (χ0) is 13.2. The Balaban J connectivity index is 2.13. The molecule has 1 aromatic rings. The maximum atomic E-state index is 10.7. The molecule has 1 N–H and O–H groups in total. The summed E-state index contributed by atoms with van der Waals surface area (Å²) in [6, 6.07) is 5.46. The molecule has 0 amide bonds. The first-order chi connectivity index (χ1) is 8.48. The molecule has 1 nitrogen and oxygen atoms in total. The average molecular weight is 287 g/mol. The van der Waals surface area contributed by atoms with Crippen LogP contribution in [-0.4, -0.2) is 10.7 Å². The van der Waals surface area contributed by atoms with Gasteiger partial charge < -0.3 is 5.11 Å². The summed E-state index contributed by atoms with van der Waals surface area (Å²) < 4.78 is 0. The second-order valence-corrected chi connectivity index (χ2v) is 6.52. The van der Waals surface area contributed by atoms with E-state index in [9.17, 15) is 5.11 Å². The van der Waals surface area contributed by atoms with Crippen LogP contribution in [0, 0.1) is 5.92 Å². The molecule has 0 aromatic heterocycles. The first kappa shape index (κ1) is 14.2. The molecule has 0 heterocycles. The van der Waals surface area contributed by atoms with E-state index in [0.717, 1.165) is 31.2 Å². The number of hydrogen-bond acceptors (Lipinski definition) is 1. The van der Waals surface area contributed by atoms with Crippen LogP contribution >= 0.6 is 23.2 Å². The lowest BCUT2D eigenvalue weighted by atomic mass is 9.87. The predicted octanol–water partition coefficient (Wildman–Crippen LogP) is 4.87. The van der Waals surface area contributed by atoms with Crippen molar-refractivity contribution in [1.82, 2.24) is 0 Å². The number of rotatable bonds is 2. The van der Waals surface area contributed by atoms with Crippen molar-refractivity contribution in [3.05, 3.63) is 33.8 Å². The van der Waals surface area contributed by atoms with Gasteiger partial charge in [-0.1, -0.05) is 43.0 Å². The minimum absolute atomic E-state index is 0.610. The fraction of sp³-hybridized carbons (Fsp3) is 0.600. The highest BCUT2D eigenvalue weighted by molar-refractivity contribution is 6.33. The molecule has 0 spiro atoms. The topological polar surface area (TPSA) is 20.2 Å². The van der Waals surface area contributed by atoms with Crippen molar-refractivity contribution < 1.29 is 5.11 Å². The molecule has 2 atom stereocenters. The molecule has 1 aliphatic carbocycles. The summed E-state index contributed by atoms with van der Waals surface area (Å²) in [5.41, 5.74) is 0.347. The van der Waals surface area contributed by atoms with Gasteiger partial charge in [0.25, 0.3) is 0 Å². The maximum Gasteiger partial charge on any atom is 0.0688 e. The maximum absolute atomic E-state index is 10.7. The summed E-state index contributed by atoms with van der Waals surface area (Å²) in [7, 11) is 0. The van der Waals surface area contributed by atoms with E-state index in [0.29, 0.717) is 22.4 Å². The molecule has 1 aromatic carbocycles. The predicted molar refractivity (Wildman–Crippen MR) is 77.4 cm³/mol. The summed E-state index contributed by atoms with van der Waals surface area (Å²) in [6.07, 6.45) is 5.73. The molecule has 0 aliphatic heterocycles. The number of halogens is 2. The van der Waals surface area contributed by atoms with E-state index in [1.54, 1.807) is 6.07 Å². The fourth-order valence-corrected chi connectivity index (χ4v) is 3.15. The number of hydrogen-bond donors (Lipinski definition) is 1. The SMILES string of the molecule is CC1CCCC(O)(Cc2cc(Cl)ccc2Cl)CC1. The fourth-order valence-electron chi connectivity index (χ4n) is 2.77. The first-order valence-electron chi connectivity index (χ1n) is 6.65. The van der Waals surface area contributed by atoms with E-state index in [1.165, 1.54) is 6.42 Å². The van der Waals surface area contributed by atoms with Gasteiger partial charge in [0.15, 0.2) is 0 Å². The van der Waals surface area contributed by atoms with E-state index in [1.807, 2.05) is 12.1 Å². The molecule has 2 unspecified atom stereocenters. The third-order valence-corrected chi connectivity index (χ3v) is 4.57. The summed E-state index contributed by atoms with van der Waals surface area (Å²) in [6.45, 7) is 2.26. The van der Waals surface area contributed by atoms with Crippen LogP contribution in [0.3, 0.4) is 0 Å². The Morgan fingerprint density at radius 2 is 2.06 bits per heavy atom. The molecule has 2 rings (SSSR count). The molecule has 1 saturated carbocycles. The highest BCUT2D eigenvalue weighted by Crippen LogP contribution is 2.34. The van der Waals surface area contributed by atoms with E-state index in [-0.39, 0.29) is 0 Å². The first-order valence-corrected chi connectivity index (χ1v) is 7.40. The van der Waals surface area contributed by atoms with E-state index in [4.69, 9.17) is 23.2 Å². The van der Waals surface area contributed by atoms with Crippen molar-refractivity contribution in [3.63, 3.8) is 0 Å². The lowest BCUT2D eigenvalue weighted by Gasteiger charge is -2.27. The quantitative estimate of drug-likeness (QED) is 0.770. The Labute approximate surface area is 119 Å². The summed E-state index contributed by atoms with van der Waals surface area (Å²) in [4.78, 5) is 0. The van der Waals surface area contributed by atoms with Gasteiger partial charge in [-0.3, -0.25) is 0 Å². The van der Waals surface area contributed by atoms with Gasteiger partial charge in [-0.05, 0) is 48.9 Å². The van der Waals surface area contributed by atoms with Crippen LogP contribution in [0.1, 0.15) is 44.6 Å². The molecule has 0 saturated heterocycles. The lowest BCUT2D eigenvalue weighted by molar-refractivity contribution is 0.0244. The van der Waals surface area contributed by atoms with Crippen LogP contribution in [0.2, 0.25) is 10.0 Å². The lowest BCUT2D eigenvalue weighted by Crippen LogP contribution is -2.30. The molecular formula is C15H20Cl2O. The second-order valence-electron chi connectivity index (χ2n) is 5.67. The Bertz CT molecular complexity index is 419. The number of benzene rings is 1. The minimum atomic E-state index is -0.612. The monoisotopic (exact) mass is 286 g/mol. The molecule has 0 bridgehead atoms. The molecular weight excluding hydrogens is 267 g/mol. The van der Waals surface area contributed by atoms with Gasteiger partial charge in [0.1, 0.15) is 0 Å². The van der Waals surface area contributed by atoms with Gasteiger partial charge >= 0.3 is 0 Å². The van der Waals surface area contributed by atoms with Crippen molar-refractivity contribution in [2.45, 2.75) is 51.0 Å². The Morgan fingerprint density at radius 3 is 2.83 bits per heavy atom. The Morgan fingerprint density at radius 1 is 1.28 bits per heavy atom. The zero-order valence-corrected chi connectivity index (χ0v) is 12.3. The van der Waals surface area contributed by atoms with E-state index < -0.39 is 5.60 Å². The smallest absolute Gasteiger partial charge is 0.0688 e. The molecule has 0 radical (unpaired) electrons. The Hall–Kier alpha value is -0.240. The standard InChI is InChI=1S/C15H20Cl2O/c1-11-3-2-7-15(18,8-6-11)10-12-9-13(16)4-5-14(12)17/h4-5,9,11,18H,2-3,6-8,10H2,1H3. The van der Waals surface area contributed by atoms with Crippen molar-refractivity contribution in [2.75, 3.05) is 0 Å². The minimum Gasteiger partial charge on any atom is -0.390 e. The third-order valence-electron chi connectivity index (χ3n) is 3.97. The van der Waals surface area contributed by atoms with Crippen LogP contribution < -0.4 is 0 Å². The van der Waals surface area contributed by atoms with Crippen LogP contribution in [0.25, 0.3) is 0 Å².